The molecule has 0 spiro atoms. The number of aliphatic imine (C=N–C) groups is 1. The number of allylic oxidation sites excluding steroid dienone is 1. The van der Waals surface area contributed by atoms with Crippen LogP contribution in [-0.2, 0) is 14.3 Å². The maximum absolute atomic E-state index is 11.4. The van der Waals surface area contributed by atoms with E-state index in [9.17, 15) is 4.79 Å². The predicted molar refractivity (Wildman–Crippen MR) is 62.4 cm³/mol. The second-order valence-electron chi connectivity index (χ2n) is 3.81. The van der Waals surface area contributed by atoms with Crippen LogP contribution in [0.5, 0.6) is 0 Å². The van der Waals surface area contributed by atoms with Crippen molar-refractivity contribution in [2.45, 2.75) is 32.7 Å². The largest absolute Gasteiger partial charge is 0.478 e. The molecule has 2 atom stereocenters. The third-order valence-electron chi connectivity index (χ3n) is 2.46. The van der Waals surface area contributed by atoms with Gasteiger partial charge in [-0.1, -0.05) is 13.0 Å². The highest BCUT2D eigenvalue weighted by Gasteiger charge is 2.28. The lowest BCUT2D eigenvalue weighted by molar-refractivity contribution is -0.144. The normalized spacial score (nSPS) is 20.9. The molecule has 2 unspecified atom stereocenters. The summed E-state index contributed by atoms with van der Waals surface area (Å²) in [6, 6.07) is -0.471. The lowest BCUT2D eigenvalue weighted by atomic mass is 10.1. The number of ether oxygens (including phenoxy) is 2. The Morgan fingerprint density at radius 2 is 2.56 bits per heavy atom. The molecule has 0 aliphatic carbocycles. The molecule has 0 aromatic rings. The number of hydrogen-bond acceptors (Lipinski definition) is 4. The third-order valence-corrected chi connectivity index (χ3v) is 2.46. The molecule has 0 saturated carbocycles. The van der Waals surface area contributed by atoms with Crippen molar-refractivity contribution < 1.29 is 14.3 Å². The molecule has 0 saturated heterocycles. The first-order chi connectivity index (χ1) is 7.69. The first-order valence-corrected chi connectivity index (χ1v) is 5.67. The molecule has 1 aliphatic rings. The van der Waals surface area contributed by atoms with Crippen molar-refractivity contribution in [1.82, 2.24) is 0 Å². The van der Waals surface area contributed by atoms with E-state index >= 15 is 0 Å². The number of carbonyl (C=O) groups excluding carboxylic acids is 1. The van der Waals surface area contributed by atoms with Crippen molar-refractivity contribution in [2.24, 2.45) is 10.9 Å². The molecular weight excluding hydrogens is 206 g/mol. The molecule has 1 rings (SSSR count). The summed E-state index contributed by atoms with van der Waals surface area (Å²) < 4.78 is 10.3. The Kier molecular flexibility index (Phi) is 5.02. The topological polar surface area (TPSA) is 47.9 Å². The van der Waals surface area contributed by atoms with E-state index in [0.717, 1.165) is 12.8 Å². The molecule has 4 heteroatoms. The van der Waals surface area contributed by atoms with Crippen LogP contribution in [0.3, 0.4) is 0 Å². The monoisotopic (exact) mass is 225 g/mol. The minimum Gasteiger partial charge on any atom is -0.478 e. The van der Waals surface area contributed by atoms with Crippen molar-refractivity contribution in [3.05, 3.63) is 12.7 Å². The molecule has 0 aromatic carbocycles. The van der Waals surface area contributed by atoms with E-state index in [-0.39, 0.29) is 11.9 Å². The smallest absolute Gasteiger partial charge is 0.334 e. The van der Waals surface area contributed by atoms with Crippen LogP contribution >= 0.6 is 0 Å². The molecule has 16 heavy (non-hydrogen) atoms. The van der Waals surface area contributed by atoms with Gasteiger partial charge in [-0.3, -0.25) is 0 Å². The van der Waals surface area contributed by atoms with Gasteiger partial charge in [0.05, 0.1) is 6.61 Å². The molecular formula is C12H19NO3. The zero-order valence-corrected chi connectivity index (χ0v) is 9.94. The van der Waals surface area contributed by atoms with Crippen LogP contribution in [0.25, 0.3) is 0 Å². The van der Waals surface area contributed by atoms with E-state index in [0.29, 0.717) is 19.1 Å². The van der Waals surface area contributed by atoms with Gasteiger partial charge in [0.1, 0.15) is 6.61 Å². The zero-order valence-electron chi connectivity index (χ0n) is 9.94. The zero-order chi connectivity index (χ0) is 12.0. The van der Waals surface area contributed by atoms with Gasteiger partial charge in [0.25, 0.3) is 0 Å². The van der Waals surface area contributed by atoms with Gasteiger partial charge in [0.2, 0.25) is 0 Å². The van der Waals surface area contributed by atoms with Crippen molar-refractivity contribution in [1.29, 1.82) is 0 Å². The fraction of sp³-hybridized carbons (Fsp3) is 0.667. The van der Waals surface area contributed by atoms with Crippen molar-refractivity contribution in [3.63, 3.8) is 0 Å². The molecule has 4 nitrogen and oxygen atoms in total. The van der Waals surface area contributed by atoms with Gasteiger partial charge in [0.15, 0.2) is 11.9 Å². The maximum atomic E-state index is 11.4. The van der Waals surface area contributed by atoms with Gasteiger partial charge in [-0.2, -0.15) is 0 Å². The van der Waals surface area contributed by atoms with Crippen molar-refractivity contribution in [3.8, 4) is 0 Å². The Morgan fingerprint density at radius 1 is 1.81 bits per heavy atom. The standard InChI is InChI=1S/C12H19NO3/c1-4-6-7-9(3)11-13-10(8-16-11)12(14)15-5-2/h4,9-10H,1,5-8H2,2-3H3. The van der Waals surface area contributed by atoms with Crippen LogP contribution in [0.15, 0.2) is 17.6 Å². The molecule has 0 fully saturated rings. The molecule has 0 amide bonds. The van der Waals surface area contributed by atoms with E-state index < -0.39 is 6.04 Å². The van der Waals surface area contributed by atoms with Crippen LogP contribution in [0, 0.1) is 5.92 Å². The predicted octanol–water partition coefficient (Wildman–Crippen LogP) is 1.95. The minimum absolute atomic E-state index is 0.234. The quantitative estimate of drug-likeness (QED) is 0.512. The first kappa shape index (κ1) is 12.7. The van der Waals surface area contributed by atoms with Gasteiger partial charge in [-0.25, -0.2) is 9.79 Å². The number of carbonyl (C=O) groups is 1. The summed E-state index contributed by atoms with van der Waals surface area (Å²) in [6.45, 7) is 8.19. The highest BCUT2D eigenvalue weighted by atomic mass is 16.5. The van der Waals surface area contributed by atoms with Gasteiger partial charge >= 0.3 is 5.97 Å². The first-order valence-electron chi connectivity index (χ1n) is 5.67. The summed E-state index contributed by atoms with van der Waals surface area (Å²) in [5, 5.41) is 0. The van der Waals surface area contributed by atoms with Crippen LogP contribution in [0.4, 0.5) is 0 Å². The molecule has 0 bridgehead atoms. The number of rotatable bonds is 6. The maximum Gasteiger partial charge on any atom is 0.334 e. The van der Waals surface area contributed by atoms with E-state index in [2.05, 4.69) is 11.6 Å². The molecule has 0 aromatic heterocycles. The highest BCUT2D eigenvalue weighted by Crippen LogP contribution is 2.16. The molecule has 0 N–H and O–H groups in total. The fourth-order valence-corrected chi connectivity index (χ4v) is 1.51. The Hall–Kier alpha value is -1.32. The summed E-state index contributed by atoms with van der Waals surface area (Å²) in [5.74, 6) is 0.603. The summed E-state index contributed by atoms with van der Waals surface area (Å²) in [5.41, 5.74) is 0. The van der Waals surface area contributed by atoms with Crippen LogP contribution in [0.1, 0.15) is 26.7 Å². The van der Waals surface area contributed by atoms with E-state index in [1.807, 2.05) is 13.0 Å². The fourth-order valence-electron chi connectivity index (χ4n) is 1.51. The highest BCUT2D eigenvalue weighted by molar-refractivity contribution is 5.86. The molecule has 1 heterocycles. The SMILES string of the molecule is C=CCCC(C)C1=NC(C(=O)OCC)CO1. The van der Waals surface area contributed by atoms with Gasteiger partial charge < -0.3 is 9.47 Å². The average molecular weight is 225 g/mol. The molecule has 90 valence electrons. The van der Waals surface area contributed by atoms with Crippen LogP contribution in [-0.4, -0.2) is 31.1 Å². The van der Waals surface area contributed by atoms with Crippen LogP contribution in [0.2, 0.25) is 0 Å². The second-order valence-corrected chi connectivity index (χ2v) is 3.81. The van der Waals surface area contributed by atoms with E-state index in [4.69, 9.17) is 9.47 Å². The summed E-state index contributed by atoms with van der Waals surface area (Å²) in [6.07, 6.45) is 3.74. The Morgan fingerprint density at radius 3 is 3.19 bits per heavy atom. The van der Waals surface area contributed by atoms with Crippen molar-refractivity contribution in [2.75, 3.05) is 13.2 Å². The number of nitrogens with zero attached hydrogens (tertiary/aromatic N) is 1. The van der Waals surface area contributed by atoms with Crippen LogP contribution < -0.4 is 0 Å². The van der Waals surface area contributed by atoms with Gasteiger partial charge in [0, 0.05) is 5.92 Å². The lowest BCUT2D eigenvalue weighted by Crippen LogP contribution is -2.22. The summed E-state index contributed by atoms with van der Waals surface area (Å²) >= 11 is 0. The molecule has 0 radical (unpaired) electrons. The minimum atomic E-state index is -0.471. The average Bonchev–Trinajstić information content (AvgIpc) is 2.75. The Bertz CT molecular complexity index is 286. The van der Waals surface area contributed by atoms with E-state index in [1.165, 1.54) is 0 Å². The Balaban J connectivity index is 2.48. The third kappa shape index (κ3) is 3.36. The number of hydrogen-bond donors (Lipinski definition) is 0. The lowest BCUT2D eigenvalue weighted by Gasteiger charge is -2.08. The molecule has 1 aliphatic heterocycles. The number of esters is 1. The van der Waals surface area contributed by atoms with Crippen molar-refractivity contribution >= 4 is 11.9 Å². The van der Waals surface area contributed by atoms with Gasteiger partial charge in [-0.05, 0) is 19.8 Å². The summed E-state index contributed by atoms with van der Waals surface area (Å²) in [7, 11) is 0. The van der Waals surface area contributed by atoms with Gasteiger partial charge in [-0.15, -0.1) is 6.58 Å². The summed E-state index contributed by atoms with van der Waals surface area (Å²) in [4.78, 5) is 15.6. The van der Waals surface area contributed by atoms with E-state index in [1.54, 1.807) is 6.92 Å². The Labute approximate surface area is 96.3 Å². The second kappa shape index (κ2) is 6.30.